The lowest BCUT2D eigenvalue weighted by Crippen LogP contribution is -2.42. The number of rotatable bonds is 6. The summed E-state index contributed by atoms with van der Waals surface area (Å²) >= 11 is 2.26. The van der Waals surface area contributed by atoms with Gasteiger partial charge in [0.15, 0.2) is 0 Å². The van der Waals surface area contributed by atoms with Crippen LogP contribution in [0.5, 0.6) is 0 Å². The van der Waals surface area contributed by atoms with Crippen LogP contribution in [0.3, 0.4) is 0 Å². The van der Waals surface area contributed by atoms with Crippen LogP contribution in [0.2, 0.25) is 0 Å². The number of benzene rings is 1. The van der Waals surface area contributed by atoms with Crippen LogP contribution < -0.4 is 10.6 Å². The van der Waals surface area contributed by atoms with Gasteiger partial charge in [-0.3, -0.25) is 9.69 Å². The molecule has 1 aromatic rings. The third-order valence-corrected chi connectivity index (χ3v) is 4.81. The van der Waals surface area contributed by atoms with Gasteiger partial charge < -0.3 is 10.6 Å². The summed E-state index contributed by atoms with van der Waals surface area (Å²) in [6.07, 6.45) is 4.98. The highest BCUT2D eigenvalue weighted by atomic mass is 127. The van der Waals surface area contributed by atoms with Gasteiger partial charge in [-0.05, 0) is 73.0 Å². The lowest BCUT2D eigenvalue weighted by molar-refractivity contribution is -0.117. The van der Waals surface area contributed by atoms with E-state index in [1.807, 2.05) is 24.3 Å². The molecule has 1 saturated carbocycles. The number of hydrogen-bond donors (Lipinski definition) is 2. The van der Waals surface area contributed by atoms with Crippen molar-refractivity contribution in [3.63, 3.8) is 0 Å². The molecule has 1 heterocycles. The van der Waals surface area contributed by atoms with Crippen LogP contribution in [0.15, 0.2) is 24.3 Å². The summed E-state index contributed by atoms with van der Waals surface area (Å²) in [5.41, 5.74) is 0.890. The predicted molar refractivity (Wildman–Crippen MR) is 93.4 cm³/mol. The average molecular weight is 399 g/mol. The van der Waals surface area contributed by atoms with E-state index in [1.165, 1.54) is 25.7 Å². The smallest absolute Gasteiger partial charge is 0.238 e. The molecule has 1 amide bonds. The SMILES string of the molecule is O=C(CN(CC1CCCN1)C1CC1)Nc1cccc(I)c1. The maximum absolute atomic E-state index is 12.3. The van der Waals surface area contributed by atoms with E-state index in [-0.39, 0.29) is 5.91 Å². The van der Waals surface area contributed by atoms with Crippen molar-refractivity contribution in [3.05, 3.63) is 27.8 Å². The zero-order valence-corrected chi connectivity index (χ0v) is 14.3. The molecule has 0 spiro atoms. The van der Waals surface area contributed by atoms with Crippen molar-refractivity contribution in [1.29, 1.82) is 0 Å². The van der Waals surface area contributed by atoms with Gasteiger partial charge in [0.25, 0.3) is 0 Å². The maximum Gasteiger partial charge on any atom is 0.238 e. The summed E-state index contributed by atoms with van der Waals surface area (Å²) in [4.78, 5) is 14.6. The van der Waals surface area contributed by atoms with Crippen LogP contribution in [0.1, 0.15) is 25.7 Å². The van der Waals surface area contributed by atoms with Gasteiger partial charge in [-0.25, -0.2) is 0 Å². The van der Waals surface area contributed by atoms with E-state index < -0.39 is 0 Å². The molecule has 4 nitrogen and oxygen atoms in total. The second-order valence-electron chi connectivity index (χ2n) is 6.01. The Morgan fingerprint density at radius 1 is 1.38 bits per heavy atom. The largest absolute Gasteiger partial charge is 0.325 e. The minimum absolute atomic E-state index is 0.0990. The van der Waals surface area contributed by atoms with Crippen LogP contribution in [-0.4, -0.2) is 42.5 Å². The molecular weight excluding hydrogens is 377 g/mol. The molecule has 2 aliphatic rings. The van der Waals surface area contributed by atoms with Crippen molar-refractivity contribution < 1.29 is 4.79 Å². The van der Waals surface area contributed by atoms with Gasteiger partial charge in [0, 0.05) is 27.9 Å². The topological polar surface area (TPSA) is 44.4 Å². The summed E-state index contributed by atoms with van der Waals surface area (Å²) in [5.74, 6) is 0.0990. The average Bonchev–Trinajstić information content (AvgIpc) is 3.17. The van der Waals surface area contributed by atoms with Gasteiger partial charge in [0.05, 0.1) is 6.54 Å². The number of amides is 1. The van der Waals surface area contributed by atoms with Crippen molar-refractivity contribution in [3.8, 4) is 0 Å². The van der Waals surface area contributed by atoms with E-state index in [0.29, 0.717) is 18.6 Å². The monoisotopic (exact) mass is 399 g/mol. The molecule has 1 atom stereocenters. The van der Waals surface area contributed by atoms with E-state index in [9.17, 15) is 4.79 Å². The Hall–Kier alpha value is -0.660. The van der Waals surface area contributed by atoms with Gasteiger partial charge in [-0.2, -0.15) is 0 Å². The fraction of sp³-hybridized carbons (Fsp3) is 0.562. The van der Waals surface area contributed by atoms with Gasteiger partial charge in [-0.15, -0.1) is 0 Å². The Morgan fingerprint density at radius 3 is 2.90 bits per heavy atom. The quantitative estimate of drug-likeness (QED) is 0.723. The summed E-state index contributed by atoms with van der Waals surface area (Å²) in [5, 5.41) is 6.54. The van der Waals surface area contributed by atoms with Gasteiger partial charge in [0.1, 0.15) is 0 Å². The molecule has 3 rings (SSSR count). The summed E-state index contributed by atoms with van der Waals surface area (Å²) in [7, 11) is 0. The number of nitrogens with one attached hydrogen (secondary N) is 2. The molecule has 1 saturated heterocycles. The number of carbonyl (C=O) groups excluding carboxylic acids is 1. The summed E-state index contributed by atoms with van der Waals surface area (Å²) in [6.45, 7) is 2.64. The third kappa shape index (κ3) is 4.66. The van der Waals surface area contributed by atoms with Gasteiger partial charge >= 0.3 is 0 Å². The Labute approximate surface area is 139 Å². The second-order valence-corrected chi connectivity index (χ2v) is 7.26. The molecule has 114 valence electrons. The Morgan fingerprint density at radius 2 is 2.24 bits per heavy atom. The normalized spacial score (nSPS) is 21.7. The zero-order chi connectivity index (χ0) is 14.7. The van der Waals surface area contributed by atoms with Crippen LogP contribution >= 0.6 is 22.6 Å². The first-order valence-electron chi connectivity index (χ1n) is 7.73. The van der Waals surface area contributed by atoms with Gasteiger partial charge in [0.2, 0.25) is 5.91 Å². The first-order valence-corrected chi connectivity index (χ1v) is 8.81. The molecule has 2 N–H and O–H groups in total. The van der Waals surface area contributed by atoms with E-state index in [0.717, 1.165) is 22.3 Å². The molecule has 0 bridgehead atoms. The van der Waals surface area contributed by atoms with E-state index >= 15 is 0 Å². The molecule has 1 aliphatic heterocycles. The van der Waals surface area contributed by atoms with Crippen LogP contribution in [0, 0.1) is 3.57 Å². The molecule has 0 radical (unpaired) electrons. The predicted octanol–water partition coefficient (Wildman–Crippen LogP) is 2.45. The third-order valence-electron chi connectivity index (χ3n) is 4.14. The molecule has 1 aromatic carbocycles. The highest BCUT2D eigenvalue weighted by Gasteiger charge is 2.32. The van der Waals surface area contributed by atoms with Gasteiger partial charge in [-0.1, -0.05) is 6.07 Å². The highest BCUT2D eigenvalue weighted by Crippen LogP contribution is 2.27. The molecular formula is C16H22IN3O. The number of hydrogen-bond acceptors (Lipinski definition) is 3. The number of halogens is 1. The molecule has 2 fully saturated rings. The molecule has 21 heavy (non-hydrogen) atoms. The minimum atomic E-state index is 0.0990. The zero-order valence-electron chi connectivity index (χ0n) is 12.1. The lowest BCUT2D eigenvalue weighted by Gasteiger charge is -2.25. The second kappa shape index (κ2) is 7.07. The Balaban J connectivity index is 1.53. The molecule has 1 aliphatic carbocycles. The van der Waals surface area contributed by atoms with Crippen LogP contribution in [-0.2, 0) is 4.79 Å². The van der Waals surface area contributed by atoms with Crippen LogP contribution in [0.25, 0.3) is 0 Å². The minimum Gasteiger partial charge on any atom is -0.325 e. The van der Waals surface area contributed by atoms with E-state index in [1.54, 1.807) is 0 Å². The van der Waals surface area contributed by atoms with Crippen molar-refractivity contribution in [2.75, 3.05) is 25.0 Å². The number of carbonyl (C=O) groups is 1. The highest BCUT2D eigenvalue weighted by molar-refractivity contribution is 14.1. The number of anilines is 1. The van der Waals surface area contributed by atoms with Crippen molar-refractivity contribution >= 4 is 34.2 Å². The standard InChI is InChI=1S/C16H22IN3O/c17-12-3-1-4-13(9-12)19-16(21)11-20(15-6-7-15)10-14-5-2-8-18-14/h1,3-4,9,14-15,18H,2,5-8,10-11H2,(H,19,21). The summed E-state index contributed by atoms with van der Waals surface area (Å²) < 4.78 is 1.14. The van der Waals surface area contributed by atoms with Crippen molar-refractivity contribution in [1.82, 2.24) is 10.2 Å². The fourth-order valence-electron chi connectivity index (χ4n) is 2.93. The Kier molecular flexibility index (Phi) is 5.13. The first-order chi connectivity index (χ1) is 10.2. The van der Waals surface area contributed by atoms with E-state index in [4.69, 9.17) is 0 Å². The fourth-order valence-corrected chi connectivity index (χ4v) is 3.47. The van der Waals surface area contributed by atoms with E-state index in [2.05, 4.69) is 38.1 Å². The Bertz CT molecular complexity index is 498. The maximum atomic E-state index is 12.3. The summed E-state index contributed by atoms with van der Waals surface area (Å²) in [6, 6.07) is 9.13. The first kappa shape index (κ1) is 15.2. The van der Waals surface area contributed by atoms with Crippen molar-refractivity contribution in [2.24, 2.45) is 0 Å². The van der Waals surface area contributed by atoms with Crippen LogP contribution in [0.4, 0.5) is 5.69 Å². The number of nitrogens with zero attached hydrogens (tertiary/aromatic N) is 1. The van der Waals surface area contributed by atoms with Crippen molar-refractivity contribution in [2.45, 2.75) is 37.8 Å². The molecule has 1 unspecified atom stereocenters. The molecule has 0 aromatic heterocycles. The lowest BCUT2D eigenvalue weighted by atomic mass is 10.2. The molecule has 5 heteroatoms.